The number of benzene rings is 1. The molecular weight excluding hydrogens is 171 g/mol. The first-order valence-corrected chi connectivity index (χ1v) is 5.12. The lowest BCUT2D eigenvalue weighted by molar-refractivity contribution is 0.233. The SMILES string of the molecule is [B]c1ccc(CN2CCNCC2)cc1. The maximum absolute atomic E-state index is 5.64. The molecule has 0 atom stereocenters. The molecule has 0 amide bonds. The number of piperazine rings is 1. The fourth-order valence-corrected chi connectivity index (χ4v) is 1.75. The minimum Gasteiger partial charge on any atom is -0.314 e. The van der Waals surface area contributed by atoms with Crippen molar-refractivity contribution in [1.82, 2.24) is 10.2 Å². The molecule has 0 unspecified atom stereocenters. The van der Waals surface area contributed by atoms with E-state index in [0.717, 1.165) is 38.2 Å². The Morgan fingerprint density at radius 3 is 2.43 bits per heavy atom. The third kappa shape index (κ3) is 2.60. The Morgan fingerprint density at radius 2 is 1.79 bits per heavy atom. The summed E-state index contributed by atoms with van der Waals surface area (Å²) in [5.74, 6) is 0. The lowest BCUT2D eigenvalue weighted by atomic mass is 9.95. The zero-order chi connectivity index (χ0) is 9.80. The van der Waals surface area contributed by atoms with Gasteiger partial charge in [0.15, 0.2) is 0 Å². The van der Waals surface area contributed by atoms with E-state index in [4.69, 9.17) is 7.85 Å². The van der Waals surface area contributed by atoms with Crippen LogP contribution in [-0.4, -0.2) is 38.9 Å². The molecule has 1 heterocycles. The van der Waals surface area contributed by atoms with Gasteiger partial charge in [0.05, 0.1) is 0 Å². The Balaban J connectivity index is 1.92. The highest BCUT2D eigenvalue weighted by atomic mass is 15.2. The standard InChI is InChI=1S/C11H15BN2/c12-11-3-1-10(2-4-11)9-14-7-5-13-6-8-14/h1-4,13H,5-9H2. The van der Waals surface area contributed by atoms with Crippen LogP contribution in [0.15, 0.2) is 24.3 Å². The van der Waals surface area contributed by atoms with Gasteiger partial charge in [-0.3, -0.25) is 4.90 Å². The Hall–Kier alpha value is -0.795. The molecule has 0 saturated carbocycles. The quantitative estimate of drug-likeness (QED) is 0.648. The average molecular weight is 186 g/mol. The highest BCUT2D eigenvalue weighted by Crippen LogP contribution is 2.03. The second-order valence-corrected chi connectivity index (χ2v) is 3.77. The summed E-state index contributed by atoms with van der Waals surface area (Å²) < 4.78 is 0. The van der Waals surface area contributed by atoms with Crippen molar-refractivity contribution in [3.63, 3.8) is 0 Å². The van der Waals surface area contributed by atoms with Gasteiger partial charge < -0.3 is 5.32 Å². The van der Waals surface area contributed by atoms with Crippen molar-refractivity contribution in [3.8, 4) is 0 Å². The van der Waals surface area contributed by atoms with Gasteiger partial charge in [-0.05, 0) is 5.56 Å². The van der Waals surface area contributed by atoms with Gasteiger partial charge in [0, 0.05) is 32.7 Å². The lowest BCUT2D eigenvalue weighted by Crippen LogP contribution is -2.42. The van der Waals surface area contributed by atoms with E-state index in [0.29, 0.717) is 0 Å². The molecule has 1 aromatic carbocycles. The van der Waals surface area contributed by atoms with Gasteiger partial charge in [0.2, 0.25) is 0 Å². The van der Waals surface area contributed by atoms with E-state index in [-0.39, 0.29) is 0 Å². The second kappa shape index (κ2) is 4.62. The highest BCUT2D eigenvalue weighted by Gasteiger charge is 2.08. The summed E-state index contributed by atoms with van der Waals surface area (Å²) in [6.45, 7) is 5.54. The van der Waals surface area contributed by atoms with Crippen LogP contribution in [0.3, 0.4) is 0 Å². The van der Waals surface area contributed by atoms with Crippen LogP contribution in [-0.2, 0) is 6.54 Å². The van der Waals surface area contributed by atoms with Crippen LogP contribution in [0.2, 0.25) is 0 Å². The molecule has 0 aromatic heterocycles. The summed E-state index contributed by atoms with van der Waals surface area (Å²) in [7, 11) is 5.64. The van der Waals surface area contributed by atoms with Crippen molar-refractivity contribution in [3.05, 3.63) is 29.8 Å². The van der Waals surface area contributed by atoms with E-state index in [1.807, 2.05) is 12.1 Å². The summed E-state index contributed by atoms with van der Waals surface area (Å²) in [6.07, 6.45) is 0. The van der Waals surface area contributed by atoms with Crippen LogP contribution in [0.4, 0.5) is 0 Å². The van der Waals surface area contributed by atoms with Crippen LogP contribution in [0.25, 0.3) is 0 Å². The van der Waals surface area contributed by atoms with Crippen LogP contribution < -0.4 is 10.8 Å². The Bertz CT molecular complexity index is 278. The number of hydrogen-bond acceptors (Lipinski definition) is 2. The highest BCUT2D eigenvalue weighted by molar-refractivity contribution is 6.32. The van der Waals surface area contributed by atoms with E-state index >= 15 is 0 Å². The molecule has 1 saturated heterocycles. The molecule has 14 heavy (non-hydrogen) atoms. The zero-order valence-electron chi connectivity index (χ0n) is 8.37. The molecule has 72 valence electrons. The van der Waals surface area contributed by atoms with Crippen LogP contribution in [0.5, 0.6) is 0 Å². The maximum Gasteiger partial charge on any atom is 0.113 e. The van der Waals surface area contributed by atoms with Gasteiger partial charge in [0.1, 0.15) is 7.85 Å². The van der Waals surface area contributed by atoms with Gasteiger partial charge >= 0.3 is 0 Å². The molecular formula is C11H15BN2. The van der Waals surface area contributed by atoms with Crippen LogP contribution in [0, 0.1) is 0 Å². The topological polar surface area (TPSA) is 15.3 Å². The van der Waals surface area contributed by atoms with E-state index in [9.17, 15) is 0 Å². The predicted molar refractivity (Wildman–Crippen MR) is 60.0 cm³/mol. The summed E-state index contributed by atoms with van der Waals surface area (Å²) in [6, 6.07) is 8.16. The normalized spacial score (nSPS) is 18.3. The van der Waals surface area contributed by atoms with Gasteiger partial charge in [-0.2, -0.15) is 0 Å². The van der Waals surface area contributed by atoms with E-state index in [2.05, 4.69) is 22.3 Å². The minimum atomic E-state index is 0.842. The van der Waals surface area contributed by atoms with E-state index < -0.39 is 0 Å². The van der Waals surface area contributed by atoms with Crippen LogP contribution >= 0.6 is 0 Å². The molecule has 2 nitrogen and oxygen atoms in total. The van der Waals surface area contributed by atoms with Crippen molar-refractivity contribution < 1.29 is 0 Å². The molecule has 0 aliphatic carbocycles. The molecule has 3 heteroatoms. The van der Waals surface area contributed by atoms with Crippen molar-refractivity contribution >= 4 is 13.3 Å². The minimum absolute atomic E-state index is 0.842. The van der Waals surface area contributed by atoms with E-state index in [1.54, 1.807) is 0 Å². The molecule has 1 fully saturated rings. The summed E-state index contributed by atoms with van der Waals surface area (Å²) in [4.78, 5) is 2.46. The monoisotopic (exact) mass is 186 g/mol. The Morgan fingerprint density at radius 1 is 1.14 bits per heavy atom. The number of rotatable bonds is 2. The molecule has 1 aliphatic rings. The van der Waals surface area contributed by atoms with Crippen molar-refractivity contribution in [2.24, 2.45) is 0 Å². The van der Waals surface area contributed by atoms with Crippen molar-refractivity contribution in [1.29, 1.82) is 0 Å². The van der Waals surface area contributed by atoms with Gasteiger partial charge in [-0.15, -0.1) is 0 Å². The molecule has 0 spiro atoms. The smallest absolute Gasteiger partial charge is 0.113 e. The van der Waals surface area contributed by atoms with Crippen molar-refractivity contribution in [2.45, 2.75) is 6.54 Å². The second-order valence-electron chi connectivity index (χ2n) is 3.77. The summed E-state index contributed by atoms with van der Waals surface area (Å²) >= 11 is 0. The first kappa shape index (κ1) is 9.75. The fourth-order valence-electron chi connectivity index (χ4n) is 1.75. The van der Waals surface area contributed by atoms with Gasteiger partial charge in [0.25, 0.3) is 0 Å². The lowest BCUT2D eigenvalue weighted by Gasteiger charge is -2.27. The number of hydrogen-bond donors (Lipinski definition) is 1. The molecule has 1 aliphatic heterocycles. The summed E-state index contributed by atoms with van der Waals surface area (Å²) in [5, 5.41) is 3.35. The largest absolute Gasteiger partial charge is 0.314 e. The van der Waals surface area contributed by atoms with Gasteiger partial charge in [-0.1, -0.05) is 29.7 Å². The molecule has 1 N–H and O–H groups in total. The van der Waals surface area contributed by atoms with Crippen LogP contribution in [0.1, 0.15) is 5.56 Å². The molecule has 0 bridgehead atoms. The van der Waals surface area contributed by atoms with Crippen molar-refractivity contribution in [2.75, 3.05) is 26.2 Å². The third-order valence-corrected chi connectivity index (χ3v) is 2.60. The molecule has 2 rings (SSSR count). The van der Waals surface area contributed by atoms with E-state index in [1.165, 1.54) is 5.56 Å². The maximum atomic E-state index is 5.64. The summed E-state index contributed by atoms with van der Waals surface area (Å²) in [5.41, 5.74) is 2.19. The number of nitrogens with zero attached hydrogens (tertiary/aromatic N) is 1. The molecule has 1 aromatic rings. The Kier molecular flexibility index (Phi) is 3.22. The zero-order valence-corrected chi connectivity index (χ0v) is 8.37. The third-order valence-electron chi connectivity index (χ3n) is 2.60. The Labute approximate surface area is 86.7 Å². The first-order valence-electron chi connectivity index (χ1n) is 5.12. The number of nitrogens with one attached hydrogen (secondary N) is 1. The van der Waals surface area contributed by atoms with Gasteiger partial charge in [-0.25, -0.2) is 0 Å². The average Bonchev–Trinajstić information content (AvgIpc) is 2.23. The predicted octanol–water partition coefficient (Wildman–Crippen LogP) is -0.114. The molecule has 2 radical (unpaired) electrons. The first-order chi connectivity index (χ1) is 6.84. The fraction of sp³-hybridized carbons (Fsp3) is 0.455.